The zero-order chi connectivity index (χ0) is 8.27. The van der Waals surface area contributed by atoms with E-state index in [1.807, 2.05) is 0 Å². The van der Waals surface area contributed by atoms with Crippen LogP contribution in [0.5, 0.6) is 0 Å². The van der Waals surface area contributed by atoms with E-state index in [0.717, 1.165) is 16.6 Å². The predicted molar refractivity (Wildman–Crippen MR) is 55.9 cm³/mol. The molecule has 0 N–H and O–H groups in total. The molecule has 0 radical (unpaired) electrons. The lowest BCUT2D eigenvalue weighted by atomic mass is 10.1. The first-order chi connectivity index (χ1) is 5.24. The Morgan fingerprint density at radius 3 is 2.73 bits per heavy atom. The molecule has 0 bridgehead atoms. The largest absolute Gasteiger partial charge is 0.143 e. The van der Waals surface area contributed by atoms with Crippen molar-refractivity contribution >= 4 is 28.6 Å². The minimum absolute atomic E-state index is 1.03. The molecule has 1 aromatic carbocycles. The highest BCUT2D eigenvalue weighted by Gasteiger charge is 1.94. The first-order valence-electron chi connectivity index (χ1n) is 3.58. The molecule has 0 amide bonds. The van der Waals surface area contributed by atoms with E-state index in [0.29, 0.717) is 0 Å². The Bertz CT molecular complexity index is 245. The van der Waals surface area contributed by atoms with Gasteiger partial charge in [-0.2, -0.15) is 0 Å². The minimum atomic E-state index is 1.03. The highest BCUT2D eigenvalue weighted by atomic mass is 79.9. The number of rotatable bonds is 2. The lowest BCUT2D eigenvalue weighted by Gasteiger charge is -2.01. The lowest BCUT2D eigenvalue weighted by molar-refractivity contribution is 1.14. The molecule has 0 fully saturated rings. The summed E-state index contributed by atoms with van der Waals surface area (Å²) in [6.07, 6.45) is 1.09. The topological polar surface area (TPSA) is 0 Å². The standard InChI is InChI=1S/C9H11BrS/c1-7-6-8(4-5-10)2-3-9(7)11/h2-3,6,11H,4-5H2,1H3. The maximum absolute atomic E-state index is 4.30. The van der Waals surface area contributed by atoms with Crippen LogP contribution in [0.3, 0.4) is 0 Å². The van der Waals surface area contributed by atoms with Crippen LogP contribution >= 0.6 is 28.6 Å². The third-order valence-electron chi connectivity index (χ3n) is 1.64. The van der Waals surface area contributed by atoms with Crippen molar-refractivity contribution in [2.45, 2.75) is 18.2 Å². The minimum Gasteiger partial charge on any atom is -0.143 e. The Morgan fingerprint density at radius 2 is 2.18 bits per heavy atom. The summed E-state index contributed by atoms with van der Waals surface area (Å²) in [5.74, 6) is 0. The van der Waals surface area contributed by atoms with Gasteiger partial charge in [0.15, 0.2) is 0 Å². The van der Waals surface area contributed by atoms with E-state index in [1.54, 1.807) is 0 Å². The van der Waals surface area contributed by atoms with Gasteiger partial charge in [0.25, 0.3) is 0 Å². The quantitative estimate of drug-likeness (QED) is 0.586. The lowest BCUT2D eigenvalue weighted by Crippen LogP contribution is -1.86. The zero-order valence-corrected chi connectivity index (χ0v) is 8.95. The van der Waals surface area contributed by atoms with Crippen molar-refractivity contribution in [3.05, 3.63) is 29.3 Å². The molecule has 0 aliphatic rings. The van der Waals surface area contributed by atoms with Crippen molar-refractivity contribution in [2.75, 3.05) is 5.33 Å². The molecule has 0 atom stereocenters. The number of halogens is 1. The number of thiol groups is 1. The molecule has 1 aromatic rings. The Kier molecular flexibility index (Phi) is 3.46. The molecule has 0 heterocycles. The van der Waals surface area contributed by atoms with Crippen LogP contribution in [0.1, 0.15) is 11.1 Å². The van der Waals surface area contributed by atoms with E-state index in [9.17, 15) is 0 Å². The number of aryl methyl sites for hydroxylation is 2. The Labute approximate surface area is 81.5 Å². The monoisotopic (exact) mass is 230 g/mol. The summed E-state index contributed by atoms with van der Waals surface area (Å²) < 4.78 is 0. The maximum atomic E-state index is 4.30. The molecule has 0 spiro atoms. The summed E-state index contributed by atoms with van der Waals surface area (Å²) in [5, 5.41) is 1.03. The van der Waals surface area contributed by atoms with Crippen LogP contribution < -0.4 is 0 Å². The van der Waals surface area contributed by atoms with Crippen molar-refractivity contribution in [2.24, 2.45) is 0 Å². The van der Waals surface area contributed by atoms with Crippen LogP contribution in [-0.4, -0.2) is 5.33 Å². The number of alkyl halides is 1. The molecule has 0 aliphatic carbocycles. The first kappa shape index (κ1) is 9.14. The molecule has 0 aliphatic heterocycles. The second-order valence-corrected chi connectivity index (χ2v) is 3.83. The molecule has 0 aromatic heterocycles. The SMILES string of the molecule is Cc1cc(CCBr)ccc1S. The molecule has 0 unspecified atom stereocenters. The highest BCUT2D eigenvalue weighted by Crippen LogP contribution is 2.15. The van der Waals surface area contributed by atoms with Gasteiger partial charge in [0.2, 0.25) is 0 Å². The van der Waals surface area contributed by atoms with Crippen LogP contribution in [-0.2, 0) is 6.42 Å². The smallest absolute Gasteiger partial charge is 0.00718 e. The molecule has 0 saturated carbocycles. The van der Waals surface area contributed by atoms with Gasteiger partial charge in [-0.25, -0.2) is 0 Å². The van der Waals surface area contributed by atoms with Gasteiger partial charge in [0, 0.05) is 10.2 Å². The number of benzene rings is 1. The van der Waals surface area contributed by atoms with Gasteiger partial charge in [-0.05, 0) is 30.5 Å². The molecular formula is C9H11BrS. The fourth-order valence-electron chi connectivity index (χ4n) is 0.982. The van der Waals surface area contributed by atoms with Gasteiger partial charge >= 0.3 is 0 Å². The maximum Gasteiger partial charge on any atom is 0.00718 e. The van der Waals surface area contributed by atoms with Crippen LogP contribution in [0.4, 0.5) is 0 Å². The first-order valence-corrected chi connectivity index (χ1v) is 5.15. The van der Waals surface area contributed by atoms with Gasteiger partial charge in [-0.3, -0.25) is 0 Å². The van der Waals surface area contributed by atoms with Crippen molar-refractivity contribution in [3.8, 4) is 0 Å². The van der Waals surface area contributed by atoms with Crippen molar-refractivity contribution < 1.29 is 0 Å². The molecule has 60 valence electrons. The van der Waals surface area contributed by atoms with Crippen LogP contribution in [0.25, 0.3) is 0 Å². The summed E-state index contributed by atoms with van der Waals surface area (Å²) in [6, 6.07) is 6.36. The van der Waals surface area contributed by atoms with Crippen molar-refractivity contribution in [3.63, 3.8) is 0 Å². The van der Waals surface area contributed by atoms with Gasteiger partial charge < -0.3 is 0 Å². The van der Waals surface area contributed by atoms with E-state index in [1.165, 1.54) is 11.1 Å². The average molecular weight is 231 g/mol. The highest BCUT2D eigenvalue weighted by molar-refractivity contribution is 9.09. The Hall–Kier alpha value is 0.0500. The zero-order valence-electron chi connectivity index (χ0n) is 6.47. The summed E-state index contributed by atoms with van der Waals surface area (Å²) in [5.41, 5.74) is 2.63. The number of hydrogen-bond donors (Lipinski definition) is 1. The molecule has 1 rings (SSSR count). The van der Waals surface area contributed by atoms with Crippen LogP contribution in [0.2, 0.25) is 0 Å². The van der Waals surface area contributed by atoms with Gasteiger partial charge in [0.05, 0.1) is 0 Å². The van der Waals surface area contributed by atoms with E-state index in [4.69, 9.17) is 0 Å². The van der Waals surface area contributed by atoms with Crippen LogP contribution in [0.15, 0.2) is 23.1 Å². The third-order valence-corrected chi connectivity index (χ3v) is 2.54. The summed E-state index contributed by atoms with van der Waals surface area (Å²) in [4.78, 5) is 1.07. The summed E-state index contributed by atoms with van der Waals surface area (Å²) in [7, 11) is 0. The third kappa shape index (κ3) is 2.53. The fourth-order valence-corrected chi connectivity index (χ4v) is 1.58. The second kappa shape index (κ2) is 4.17. The van der Waals surface area contributed by atoms with Crippen molar-refractivity contribution in [1.29, 1.82) is 0 Å². The van der Waals surface area contributed by atoms with E-state index >= 15 is 0 Å². The molecule has 0 nitrogen and oxygen atoms in total. The second-order valence-electron chi connectivity index (χ2n) is 2.56. The number of hydrogen-bond acceptors (Lipinski definition) is 1. The van der Waals surface area contributed by atoms with Gasteiger partial charge in [-0.1, -0.05) is 28.1 Å². The van der Waals surface area contributed by atoms with Gasteiger partial charge in [-0.15, -0.1) is 12.6 Å². The van der Waals surface area contributed by atoms with E-state index in [2.05, 4.69) is 53.7 Å². The van der Waals surface area contributed by atoms with Gasteiger partial charge in [0.1, 0.15) is 0 Å². The normalized spacial score (nSPS) is 10.1. The molecule has 2 heteroatoms. The van der Waals surface area contributed by atoms with E-state index < -0.39 is 0 Å². The molecular weight excluding hydrogens is 220 g/mol. The van der Waals surface area contributed by atoms with E-state index in [-0.39, 0.29) is 0 Å². The fraction of sp³-hybridized carbons (Fsp3) is 0.333. The summed E-state index contributed by atoms with van der Waals surface area (Å²) >= 11 is 7.71. The average Bonchev–Trinajstić information content (AvgIpc) is 1.98. The Balaban J connectivity index is 2.86. The van der Waals surface area contributed by atoms with Crippen LogP contribution in [0, 0.1) is 6.92 Å². The van der Waals surface area contributed by atoms with Crippen molar-refractivity contribution in [1.82, 2.24) is 0 Å². The molecule has 0 saturated heterocycles. The predicted octanol–water partition coefficient (Wildman–Crippen LogP) is 3.22. The molecule has 11 heavy (non-hydrogen) atoms. The Morgan fingerprint density at radius 1 is 1.45 bits per heavy atom. The summed E-state index contributed by atoms with van der Waals surface area (Å²) in [6.45, 7) is 2.08.